The summed E-state index contributed by atoms with van der Waals surface area (Å²) >= 11 is 0. The fourth-order valence-corrected chi connectivity index (χ4v) is 3.55. The molecule has 1 aliphatic heterocycles. The number of nitrogens with zero attached hydrogens (tertiary/aromatic N) is 5. The van der Waals surface area contributed by atoms with E-state index in [0.717, 1.165) is 17.4 Å². The molecule has 1 saturated heterocycles. The van der Waals surface area contributed by atoms with Gasteiger partial charge in [-0.05, 0) is 19.8 Å². The van der Waals surface area contributed by atoms with E-state index in [2.05, 4.69) is 10.1 Å². The van der Waals surface area contributed by atoms with Gasteiger partial charge >= 0.3 is 11.4 Å². The highest BCUT2D eigenvalue weighted by Crippen LogP contribution is 2.25. The molecule has 1 aliphatic rings. The number of likely N-dealkylation sites (tertiary alicyclic amines) is 1. The molecule has 0 saturated carbocycles. The fraction of sp³-hybridized carbons (Fsp3) is 0.588. The average Bonchev–Trinajstić information content (AvgIpc) is 2.96. The van der Waals surface area contributed by atoms with Gasteiger partial charge in [-0.2, -0.15) is 5.10 Å². The quantitative estimate of drug-likeness (QED) is 0.730. The summed E-state index contributed by atoms with van der Waals surface area (Å²) in [5.74, 6) is 0.502. The first-order chi connectivity index (χ1) is 12.8. The normalized spacial score (nSPS) is 17.3. The number of carbonyl (C=O) groups excluding carboxylic acids is 1. The van der Waals surface area contributed by atoms with Crippen molar-refractivity contribution in [2.75, 3.05) is 13.1 Å². The highest BCUT2D eigenvalue weighted by molar-refractivity contribution is 5.78. The third-order valence-corrected chi connectivity index (χ3v) is 5.09. The minimum atomic E-state index is -0.512. The molecule has 0 radical (unpaired) electrons. The number of H-pyrrole nitrogens is 1. The molecule has 0 bridgehead atoms. The van der Waals surface area contributed by atoms with E-state index >= 15 is 0 Å². The van der Waals surface area contributed by atoms with Gasteiger partial charge in [0, 0.05) is 51.4 Å². The minimum absolute atomic E-state index is 0.0186. The van der Waals surface area contributed by atoms with Crippen LogP contribution in [0.5, 0.6) is 0 Å². The second kappa shape index (κ2) is 7.37. The van der Waals surface area contributed by atoms with E-state index in [4.69, 9.17) is 0 Å². The van der Waals surface area contributed by atoms with E-state index in [1.165, 1.54) is 17.9 Å². The number of rotatable bonds is 4. The molecule has 1 fully saturated rings. The number of nitrogens with one attached hydrogen (secondary N) is 1. The summed E-state index contributed by atoms with van der Waals surface area (Å²) in [6, 6.07) is 0. The van der Waals surface area contributed by atoms with Crippen molar-refractivity contribution < 1.29 is 4.79 Å². The molecule has 0 aliphatic carbocycles. The van der Waals surface area contributed by atoms with Gasteiger partial charge in [-0.25, -0.2) is 14.3 Å². The molecule has 2 aromatic rings. The molecule has 1 amide bonds. The fourth-order valence-electron chi connectivity index (χ4n) is 3.55. The molecule has 0 unspecified atom stereocenters. The zero-order valence-corrected chi connectivity index (χ0v) is 15.8. The van der Waals surface area contributed by atoms with Crippen LogP contribution in [0, 0.1) is 0 Å². The molecular formula is C17H24N6O4. The molecular weight excluding hydrogens is 352 g/mol. The maximum atomic E-state index is 12.7. The summed E-state index contributed by atoms with van der Waals surface area (Å²) in [5, 5.41) is 4.35. The summed E-state index contributed by atoms with van der Waals surface area (Å²) < 4.78 is 3.91. The minimum Gasteiger partial charge on any atom is -0.342 e. The highest BCUT2D eigenvalue weighted by Gasteiger charge is 2.29. The molecule has 1 atom stereocenters. The van der Waals surface area contributed by atoms with Gasteiger partial charge in [0.1, 0.15) is 5.82 Å². The number of aromatic nitrogens is 5. The second-order valence-electron chi connectivity index (χ2n) is 6.85. The molecule has 10 heteroatoms. The van der Waals surface area contributed by atoms with Crippen molar-refractivity contribution >= 4 is 5.91 Å². The topological polar surface area (TPSA) is 115 Å². The van der Waals surface area contributed by atoms with Crippen LogP contribution in [0.25, 0.3) is 0 Å². The van der Waals surface area contributed by atoms with Crippen LogP contribution in [0.4, 0.5) is 0 Å². The van der Waals surface area contributed by atoms with Crippen molar-refractivity contribution in [1.82, 2.24) is 28.8 Å². The Bertz CT molecular complexity index is 1030. The first-order valence-electron chi connectivity index (χ1n) is 9.02. The van der Waals surface area contributed by atoms with E-state index in [1.54, 1.807) is 16.5 Å². The lowest BCUT2D eigenvalue weighted by Crippen LogP contribution is -2.42. The van der Waals surface area contributed by atoms with Crippen molar-refractivity contribution in [2.45, 2.75) is 38.6 Å². The summed E-state index contributed by atoms with van der Waals surface area (Å²) in [6.45, 7) is 3.48. The molecule has 3 heterocycles. The predicted octanol–water partition coefficient (Wildman–Crippen LogP) is -1.06. The monoisotopic (exact) mass is 376 g/mol. The second-order valence-corrected chi connectivity index (χ2v) is 6.85. The van der Waals surface area contributed by atoms with Crippen LogP contribution in [-0.4, -0.2) is 47.8 Å². The van der Waals surface area contributed by atoms with Crippen LogP contribution in [0.15, 0.2) is 20.6 Å². The zero-order chi connectivity index (χ0) is 19.7. The number of hydrogen-bond donors (Lipinski definition) is 1. The van der Waals surface area contributed by atoms with Crippen LogP contribution >= 0.6 is 0 Å². The van der Waals surface area contributed by atoms with E-state index in [1.807, 2.05) is 6.92 Å². The van der Waals surface area contributed by atoms with Gasteiger partial charge < -0.3 is 9.88 Å². The van der Waals surface area contributed by atoms with Crippen molar-refractivity contribution in [3.8, 4) is 0 Å². The molecule has 27 heavy (non-hydrogen) atoms. The Morgan fingerprint density at radius 3 is 2.74 bits per heavy atom. The number of piperidine rings is 1. The average molecular weight is 376 g/mol. The van der Waals surface area contributed by atoms with E-state index in [-0.39, 0.29) is 29.5 Å². The van der Waals surface area contributed by atoms with Crippen LogP contribution in [0.1, 0.15) is 37.1 Å². The summed E-state index contributed by atoms with van der Waals surface area (Å²) in [6.07, 6.45) is 2.88. The molecule has 1 N–H and O–H groups in total. The Kier molecular flexibility index (Phi) is 5.15. The number of carbonyl (C=O) groups is 1. The highest BCUT2D eigenvalue weighted by atomic mass is 16.2. The molecule has 3 rings (SSSR count). The lowest BCUT2D eigenvalue weighted by atomic mass is 9.96. The van der Waals surface area contributed by atoms with Gasteiger partial charge in [-0.3, -0.25) is 18.7 Å². The Morgan fingerprint density at radius 2 is 2.04 bits per heavy atom. The number of aromatic amines is 1. The van der Waals surface area contributed by atoms with Crippen molar-refractivity contribution in [2.24, 2.45) is 14.1 Å². The first-order valence-corrected chi connectivity index (χ1v) is 9.02. The van der Waals surface area contributed by atoms with Gasteiger partial charge in [0.05, 0.1) is 6.42 Å². The van der Waals surface area contributed by atoms with Gasteiger partial charge in [0.15, 0.2) is 0 Å². The molecule has 0 aromatic carbocycles. The maximum absolute atomic E-state index is 12.7. The summed E-state index contributed by atoms with van der Waals surface area (Å²) in [4.78, 5) is 52.6. The number of amides is 1. The van der Waals surface area contributed by atoms with Gasteiger partial charge in [-0.1, -0.05) is 0 Å². The van der Waals surface area contributed by atoms with Crippen LogP contribution in [0.2, 0.25) is 0 Å². The molecule has 2 aromatic heterocycles. The van der Waals surface area contributed by atoms with E-state index in [0.29, 0.717) is 25.5 Å². The summed E-state index contributed by atoms with van der Waals surface area (Å²) in [5.41, 5.74) is -0.882. The Hall–Kier alpha value is -2.91. The number of hydrogen-bond acceptors (Lipinski definition) is 5. The maximum Gasteiger partial charge on any atom is 0.345 e. The first kappa shape index (κ1) is 18.9. The zero-order valence-electron chi connectivity index (χ0n) is 15.8. The van der Waals surface area contributed by atoms with Crippen LogP contribution in [-0.2, 0) is 31.9 Å². The van der Waals surface area contributed by atoms with E-state index in [9.17, 15) is 19.2 Å². The van der Waals surface area contributed by atoms with Crippen LogP contribution < -0.4 is 16.9 Å². The van der Waals surface area contributed by atoms with E-state index < -0.39 is 11.2 Å². The Labute approximate surface area is 155 Å². The van der Waals surface area contributed by atoms with Crippen molar-refractivity contribution in [1.29, 1.82) is 0 Å². The largest absolute Gasteiger partial charge is 0.345 e. The molecule has 10 nitrogen and oxygen atoms in total. The lowest BCUT2D eigenvalue weighted by Gasteiger charge is -2.32. The smallest absolute Gasteiger partial charge is 0.342 e. The summed E-state index contributed by atoms with van der Waals surface area (Å²) in [7, 11) is 2.99. The lowest BCUT2D eigenvalue weighted by molar-refractivity contribution is -0.131. The Balaban J connectivity index is 1.79. The number of aryl methyl sites for hydroxylation is 1. The third kappa shape index (κ3) is 3.51. The standard InChI is InChI=1S/C17H24N6O4/c1-4-23-14(19-21(3)17(23)27)11-6-5-7-22(10-11)13(24)8-12-9-18-16(26)20(2)15(12)25/h9,11H,4-8,10H2,1-3H3,(H,18,26)/t11-/m0/s1. The molecule has 146 valence electrons. The Morgan fingerprint density at radius 1 is 1.30 bits per heavy atom. The van der Waals surface area contributed by atoms with Gasteiger partial charge in [-0.15, -0.1) is 0 Å². The van der Waals surface area contributed by atoms with Gasteiger partial charge in [0.25, 0.3) is 5.56 Å². The van der Waals surface area contributed by atoms with Crippen LogP contribution in [0.3, 0.4) is 0 Å². The van der Waals surface area contributed by atoms with Crippen molar-refractivity contribution in [3.05, 3.63) is 48.9 Å². The van der Waals surface area contributed by atoms with Crippen molar-refractivity contribution in [3.63, 3.8) is 0 Å². The van der Waals surface area contributed by atoms with Gasteiger partial charge in [0.2, 0.25) is 5.91 Å². The third-order valence-electron chi connectivity index (χ3n) is 5.09. The molecule has 0 spiro atoms. The predicted molar refractivity (Wildman–Crippen MR) is 97.7 cm³/mol. The SMILES string of the molecule is CCn1c([C@H]2CCCN(C(=O)Cc3c[nH]c(=O)n(C)c3=O)C2)nn(C)c1=O.